The van der Waals surface area contributed by atoms with E-state index in [0.29, 0.717) is 30.6 Å². The maximum atomic E-state index is 13.4. The molecule has 1 aromatic carbocycles. The van der Waals surface area contributed by atoms with Gasteiger partial charge in [-0.3, -0.25) is 4.90 Å². The van der Waals surface area contributed by atoms with Crippen molar-refractivity contribution in [2.75, 3.05) is 52.9 Å². The molecular weight excluding hydrogens is 488 g/mol. The lowest BCUT2D eigenvalue weighted by Gasteiger charge is -2.40. The second-order valence-electron chi connectivity index (χ2n) is 10.2. The molecule has 0 radical (unpaired) electrons. The van der Waals surface area contributed by atoms with Gasteiger partial charge in [-0.2, -0.15) is 4.31 Å². The van der Waals surface area contributed by atoms with Gasteiger partial charge in [-0.05, 0) is 83.4 Å². The molecule has 3 aliphatic heterocycles. The van der Waals surface area contributed by atoms with E-state index in [-0.39, 0.29) is 29.7 Å². The molecule has 3 aliphatic rings. The van der Waals surface area contributed by atoms with Gasteiger partial charge in [-0.1, -0.05) is 18.0 Å². The van der Waals surface area contributed by atoms with E-state index >= 15 is 0 Å². The van der Waals surface area contributed by atoms with Crippen LogP contribution in [-0.2, 0) is 14.8 Å². The molecule has 0 N–H and O–H groups in total. The molecular formula is C25H39ClN4O4S. The summed E-state index contributed by atoms with van der Waals surface area (Å²) in [6.45, 7) is 7.82. The average Bonchev–Trinajstić information content (AvgIpc) is 3.07. The number of hydrogen-bond acceptors (Lipinski definition) is 6. The highest BCUT2D eigenvalue weighted by Crippen LogP contribution is 2.30. The van der Waals surface area contributed by atoms with Crippen molar-refractivity contribution in [3.8, 4) is 0 Å². The zero-order valence-corrected chi connectivity index (χ0v) is 22.5. The number of likely N-dealkylation sites (tertiary alicyclic amines) is 1. The van der Waals surface area contributed by atoms with Gasteiger partial charge in [0.2, 0.25) is 10.0 Å². The highest BCUT2D eigenvalue weighted by molar-refractivity contribution is 7.89. The molecule has 196 valence electrons. The number of ether oxygens (including phenoxy) is 1. The van der Waals surface area contributed by atoms with Crippen LogP contribution in [0.1, 0.15) is 45.4 Å². The van der Waals surface area contributed by atoms with Crippen LogP contribution in [0.4, 0.5) is 4.79 Å². The molecule has 0 aromatic heterocycles. The zero-order chi connectivity index (χ0) is 25.0. The van der Waals surface area contributed by atoms with E-state index < -0.39 is 10.0 Å². The molecule has 0 unspecified atom stereocenters. The number of sulfonamides is 1. The van der Waals surface area contributed by atoms with Crippen LogP contribution in [0.5, 0.6) is 0 Å². The molecule has 1 aromatic rings. The van der Waals surface area contributed by atoms with E-state index in [1.807, 2.05) is 6.92 Å². The summed E-state index contributed by atoms with van der Waals surface area (Å²) >= 11 is 5.95. The van der Waals surface area contributed by atoms with Gasteiger partial charge in [-0.25, -0.2) is 13.2 Å². The lowest BCUT2D eigenvalue weighted by atomic mass is 10.0. The Balaban J connectivity index is 1.32. The van der Waals surface area contributed by atoms with Crippen molar-refractivity contribution in [1.29, 1.82) is 0 Å². The third kappa shape index (κ3) is 6.49. The van der Waals surface area contributed by atoms with Gasteiger partial charge in [0.05, 0.1) is 10.9 Å². The van der Waals surface area contributed by atoms with Crippen LogP contribution < -0.4 is 0 Å². The summed E-state index contributed by atoms with van der Waals surface area (Å²) in [5.41, 5.74) is 0. The molecule has 0 bridgehead atoms. The minimum Gasteiger partial charge on any atom is -0.448 e. The summed E-state index contributed by atoms with van der Waals surface area (Å²) in [6, 6.07) is 6.25. The topological polar surface area (TPSA) is 73.4 Å². The highest BCUT2D eigenvalue weighted by atomic mass is 35.5. The van der Waals surface area contributed by atoms with Crippen LogP contribution in [0.2, 0.25) is 5.02 Å². The van der Waals surface area contributed by atoms with E-state index in [0.717, 1.165) is 51.9 Å². The van der Waals surface area contributed by atoms with Crippen LogP contribution in [0.3, 0.4) is 0 Å². The Hall–Kier alpha value is -1.39. The maximum Gasteiger partial charge on any atom is 0.409 e. The number of carbonyl (C=O) groups is 1. The Morgan fingerprint density at radius 1 is 0.971 bits per heavy atom. The second kappa shape index (κ2) is 11.8. The molecule has 0 spiro atoms. The van der Waals surface area contributed by atoms with Gasteiger partial charge in [0, 0.05) is 43.3 Å². The van der Waals surface area contributed by atoms with E-state index in [4.69, 9.17) is 16.3 Å². The normalized spacial score (nSPS) is 26.4. The summed E-state index contributed by atoms with van der Waals surface area (Å²) in [4.78, 5) is 19.8. The minimum atomic E-state index is -3.72. The molecule has 3 fully saturated rings. The number of benzene rings is 1. The first-order valence-electron chi connectivity index (χ1n) is 12.9. The molecule has 8 nitrogen and oxygen atoms in total. The van der Waals surface area contributed by atoms with E-state index in [9.17, 15) is 13.2 Å². The summed E-state index contributed by atoms with van der Waals surface area (Å²) < 4.78 is 34.1. The lowest BCUT2D eigenvalue weighted by molar-refractivity contribution is 0.0496. The molecule has 3 saturated heterocycles. The third-order valence-corrected chi connectivity index (χ3v) is 10.1. The lowest BCUT2D eigenvalue weighted by Crippen LogP contribution is -2.52. The molecule has 35 heavy (non-hydrogen) atoms. The quantitative estimate of drug-likeness (QED) is 0.584. The molecule has 2 atom stereocenters. The molecule has 0 aliphatic carbocycles. The van der Waals surface area contributed by atoms with Crippen molar-refractivity contribution >= 4 is 27.7 Å². The number of halogens is 1. The summed E-state index contributed by atoms with van der Waals surface area (Å²) in [5.74, 6) is 0. The van der Waals surface area contributed by atoms with Gasteiger partial charge < -0.3 is 14.5 Å². The van der Waals surface area contributed by atoms with Crippen molar-refractivity contribution in [1.82, 2.24) is 19.0 Å². The van der Waals surface area contributed by atoms with Crippen molar-refractivity contribution < 1.29 is 17.9 Å². The van der Waals surface area contributed by atoms with Crippen LogP contribution in [0.15, 0.2) is 29.2 Å². The Kier molecular flexibility index (Phi) is 8.97. The van der Waals surface area contributed by atoms with E-state index in [2.05, 4.69) is 16.8 Å². The largest absolute Gasteiger partial charge is 0.448 e. The Morgan fingerprint density at radius 3 is 2.40 bits per heavy atom. The first kappa shape index (κ1) is 26.7. The SMILES string of the molecule is C[C@@H]1CCC[C@H](COC(=O)N2CCC(N3CCCN(C)CC3)CC2)N1S(=O)(=O)c1ccc(Cl)cc1. The van der Waals surface area contributed by atoms with E-state index in [1.54, 1.807) is 17.0 Å². The number of carbonyl (C=O) groups excluding carboxylic acids is 1. The van der Waals surface area contributed by atoms with Gasteiger partial charge in [0.1, 0.15) is 6.61 Å². The van der Waals surface area contributed by atoms with Crippen molar-refractivity contribution in [3.63, 3.8) is 0 Å². The van der Waals surface area contributed by atoms with Crippen LogP contribution >= 0.6 is 11.6 Å². The number of nitrogens with zero attached hydrogens (tertiary/aromatic N) is 4. The fourth-order valence-corrected chi connectivity index (χ4v) is 7.67. The standard InChI is InChI=1S/C25H39ClN4O4S/c1-20-5-3-6-23(30(20)35(32,33)24-9-7-21(26)8-10-24)19-34-25(31)29-15-11-22(12-16-29)28-14-4-13-27(2)17-18-28/h7-10,20,22-23H,3-6,11-19H2,1-2H3/t20-,23-/m1/s1. The first-order valence-corrected chi connectivity index (χ1v) is 14.7. The van der Waals surface area contributed by atoms with Crippen molar-refractivity contribution in [2.24, 2.45) is 0 Å². The Morgan fingerprint density at radius 2 is 1.69 bits per heavy atom. The van der Waals surface area contributed by atoms with Gasteiger partial charge in [-0.15, -0.1) is 0 Å². The second-order valence-corrected chi connectivity index (χ2v) is 12.5. The maximum absolute atomic E-state index is 13.4. The van der Waals surface area contributed by atoms with Gasteiger partial charge >= 0.3 is 6.09 Å². The minimum absolute atomic E-state index is 0.0778. The Bertz CT molecular complexity index is 953. The highest BCUT2D eigenvalue weighted by Gasteiger charge is 2.39. The van der Waals surface area contributed by atoms with Crippen LogP contribution in [0.25, 0.3) is 0 Å². The predicted octanol–water partition coefficient (Wildman–Crippen LogP) is 3.51. The van der Waals surface area contributed by atoms with Crippen LogP contribution in [-0.4, -0.2) is 105 Å². The summed E-state index contributed by atoms with van der Waals surface area (Å²) in [6.07, 6.45) is 5.14. The smallest absolute Gasteiger partial charge is 0.409 e. The Labute approximate surface area is 215 Å². The first-order chi connectivity index (χ1) is 16.8. The monoisotopic (exact) mass is 526 g/mol. The molecule has 1 amide bonds. The fourth-order valence-electron chi connectivity index (χ4n) is 5.69. The van der Waals surface area contributed by atoms with Gasteiger partial charge in [0.15, 0.2) is 0 Å². The van der Waals surface area contributed by atoms with Crippen LogP contribution in [0, 0.1) is 0 Å². The average molecular weight is 527 g/mol. The van der Waals surface area contributed by atoms with Crippen molar-refractivity contribution in [3.05, 3.63) is 29.3 Å². The third-order valence-electron chi connectivity index (χ3n) is 7.73. The fraction of sp³-hybridized carbons (Fsp3) is 0.720. The number of piperidine rings is 2. The molecule has 3 heterocycles. The molecule has 10 heteroatoms. The van der Waals surface area contributed by atoms with Crippen molar-refractivity contribution in [2.45, 2.75) is 68.5 Å². The number of rotatable bonds is 5. The number of likely N-dealkylation sites (N-methyl/N-ethyl adjacent to an activating group) is 1. The predicted molar refractivity (Wildman–Crippen MR) is 137 cm³/mol. The molecule has 4 rings (SSSR count). The van der Waals surface area contributed by atoms with E-state index in [1.165, 1.54) is 22.9 Å². The zero-order valence-electron chi connectivity index (χ0n) is 20.9. The summed E-state index contributed by atoms with van der Waals surface area (Å²) in [5, 5.41) is 0.494. The number of hydrogen-bond donors (Lipinski definition) is 0. The van der Waals surface area contributed by atoms with Gasteiger partial charge in [0.25, 0.3) is 0 Å². The number of amides is 1. The molecule has 0 saturated carbocycles. The summed E-state index contributed by atoms with van der Waals surface area (Å²) in [7, 11) is -1.54.